The Morgan fingerprint density at radius 1 is 0.863 bits per heavy atom. The highest BCUT2D eigenvalue weighted by Crippen LogP contribution is 2.68. The zero-order valence-electron chi connectivity index (χ0n) is 27.7. The fraction of sp³-hybridized carbons (Fsp3) is 0.275. The van der Waals surface area contributed by atoms with Gasteiger partial charge in [-0.1, -0.05) is 97.1 Å². The Hall–Kier alpha value is -4.71. The maximum atomic E-state index is 14.8. The van der Waals surface area contributed by atoms with Gasteiger partial charge in [0.05, 0.1) is 28.9 Å². The number of nitrogens with zero attached hydrogens (tertiary/aromatic N) is 1. The SMILES string of the molecule is CC1(C)S[C@H]2N(C(=O)C23CC=C(C(=O)Oc2ccccc2)C3C(=O)c2ccc(C(F)(F)F)cc2)[C@H]1C(O)(OCc1ccccc1)c1ccccc1. The molecule has 2 aliphatic heterocycles. The molecule has 7 nitrogen and oxygen atoms in total. The number of Topliss-reactive ketones (excluding diaryl/α,β-unsaturated/α-hetero) is 1. The van der Waals surface area contributed by atoms with Crippen LogP contribution in [-0.2, 0) is 32.9 Å². The number of alkyl halides is 3. The number of rotatable bonds is 9. The van der Waals surface area contributed by atoms with Crippen LogP contribution in [0.1, 0.15) is 47.3 Å². The molecular weight excluding hydrogens is 680 g/mol. The van der Waals surface area contributed by atoms with Crippen molar-refractivity contribution in [3.8, 4) is 5.75 Å². The number of hydrogen-bond donors (Lipinski definition) is 1. The van der Waals surface area contributed by atoms with Crippen LogP contribution in [0.25, 0.3) is 0 Å². The molecule has 1 N–H and O–H groups in total. The minimum absolute atomic E-state index is 0.00764. The van der Waals surface area contributed by atoms with Gasteiger partial charge in [0.2, 0.25) is 11.7 Å². The Morgan fingerprint density at radius 3 is 2.06 bits per heavy atom. The van der Waals surface area contributed by atoms with E-state index in [1.807, 2.05) is 44.2 Å². The van der Waals surface area contributed by atoms with E-state index in [2.05, 4.69) is 0 Å². The zero-order chi connectivity index (χ0) is 36.2. The molecule has 4 aromatic carbocycles. The Labute approximate surface area is 297 Å². The summed E-state index contributed by atoms with van der Waals surface area (Å²) in [6.07, 6.45) is -3.08. The van der Waals surface area contributed by atoms with Crippen LogP contribution in [-0.4, -0.2) is 43.8 Å². The summed E-state index contributed by atoms with van der Waals surface area (Å²) >= 11 is 1.39. The molecule has 0 saturated carbocycles. The van der Waals surface area contributed by atoms with Crippen LogP contribution in [0.5, 0.6) is 5.75 Å². The predicted octanol–water partition coefficient (Wildman–Crippen LogP) is 7.55. The number of amides is 1. The van der Waals surface area contributed by atoms with E-state index in [1.54, 1.807) is 65.6 Å². The van der Waals surface area contributed by atoms with Crippen molar-refractivity contribution < 1.29 is 42.1 Å². The van der Waals surface area contributed by atoms with Gasteiger partial charge in [-0.05, 0) is 50.1 Å². The summed E-state index contributed by atoms with van der Waals surface area (Å²) in [6, 6.07) is 29.2. The van der Waals surface area contributed by atoms with Crippen molar-refractivity contribution >= 4 is 29.4 Å². The molecule has 1 spiro atoms. The third-order valence-corrected chi connectivity index (χ3v) is 11.7. The summed E-state index contributed by atoms with van der Waals surface area (Å²) in [4.78, 5) is 44.6. The quantitative estimate of drug-likeness (QED) is 0.0630. The van der Waals surface area contributed by atoms with E-state index < -0.39 is 62.7 Å². The van der Waals surface area contributed by atoms with E-state index in [0.29, 0.717) is 5.56 Å². The molecule has 0 radical (unpaired) electrons. The minimum Gasteiger partial charge on any atom is -0.423 e. The normalized spacial score (nSPS) is 24.7. The first-order chi connectivity index (χ1) is 24.3. The van der Waals surface area contributed by atoms with Crippen molar-refractivity contribution in [2.24, 2.45) is 11.3 Å². The van der Waals surface area contributed by atoms with Gasteiger partial charge in [0, 0.05) is 21.4 Å². The fourth-order valence-electron chi connectivity index (χ4n) is 7.63. The number of hydrogen-bond acceptors (Lipinski definition) is 7. The van der Waals surface area contributed by atoms with Crippen LogP contribution in [0.15, 0.2) is 127 Å². The van der Waals surface area contributed by atoms with Crippen LogP contribution in [0, 0.1) is 11.3 Å². The molecule has 3 unspecified atom stereocenters. The van der Waals surface area contributed by atoms with E-state index in [-0.39, 0.29) is 29.9 Å². The lowest BCUT2D eigenvalue weighted by Gasteiger charge is -2.56. The molecule has 11 heteroatoms. The number of ketones is 1. The maximum Gasteiger partial charge on any atom is 0.416 e. The lowest BCUT2D eigenvalue weighted by Crippen LogP contribution is -2.73. The largest absolute Gasteiger partial charge is 0.423 e. The lowest BCUT2D eigenvalue weighted by molar-refractivity contribution is -0.270. The molecule has 3 aliphatic rings. The minimum atomic E-state index is -4.62. The molecule has 0 bridgehead atoms. The molecule has 2 saturated heterocycles. The van der Waals surface area contributed by atoms with Crippen molar-refractivity contribution in [1.82, 2.24) is 4.90 Å². The number of β-lactam (4-membered cyclic amide) rings is 1. The smallest absolute Gasteiger partial charge is 0.416 e. The van der Waals surface area contributed by atoms with Crippen LogP contribution in [0.3, 0.4) is 0 Å². The van der Waals surface area contributed by atoms with Crippen LogP contribution in [0.2, 0.25) is 0 Å². The van der Waals surface area contributed by atoms with E-state index in [9.17, 15) is 32.7 Å². The molecule has 2 fully saturated rings. The summed E-state index contributed by atoms with van der Waals surface area (Å²) in [5, 5.41) is 11.9. The van der Waals surface area contributed by atoms with Gasteiger partial charge in [-0.15, -0.1) is 11.8 Å². The molecule has 51 heavy (non-hydrogen) atoms. The van der Waals surface area contributed by atoms with Crippen molar-refractivity contribution in [1.29, 1.82) is 0 Å². The Bertz CT molecular complexity index is 1990. The van der Waals surface area contributed by atoms with Gasteiger partial charge in [0.15, 0.2) is 5.78 Å². The van der Waals surface area contributed by atoms with E-state index in [1.165, 1.54) is 17.8 Å². The number of para-hydroxylation sites is 1. The molecular formula is C40H34F3NO6S. The molecule has 1 amide bonds. The molecule has 262 valence electrons. The number of carbonyl (C=O) groups excluding carboxylic acids is 3. The van der Waals surface area contributed by atoms with Crippen LogP contribution in [0.4, 0.5) is 13.2 Å². The zero-order valence-corrected chi connectivity index (χ0v) is 28.5. The van der Waals surface area contributed by atoms with Crippen LogP contribution < -0.4 is 4.74 Å². The second kappa shape index (κ2) is 12.8. The number of esters is 1. The Balaban J connectivity index is 1.27. The molecule has 4 aromatic rings. The second-order valence-corrected chi connectivity index (χ2v) is 15.2. The van der Waals surface area contributed by atoms with Gasteiger partial charge < -0.3 is 19.5 Å². The van der Waals surface area contributed by atoms with Gasteiger partial charge in [-0.25, -0.2) is 4.79 Å². The highest BCUT2D eigenvalue weighted by molar-refractivity contribution is 8.01. The summed E-state index contributed by atoms with van der Waals surface area (Å²) < 4.78 is 51.4. The van der Waals surface area contributed by atoms with Crippen molar-refractivity contribution in [2.45, 2.75) is 55.0 Å². The van der Waals surface area contributed by atoms with Gasteiger partial charge in [0.1, 0.15) is 11.8 Å². The number of fused-ring (bicyclic) bond motifs is 2. The number of thioether (sulfide) groups is 1. The van der Waals surface area contributed by atoms with Crippen LogP contribution >= 0.6 is 11.8 Å². The number of benzene rings is 4. The molecule has 5 atom stereocenters. The number of ether oxygens (including phenoxy) is 2. The first-order valence-electron chi connectivity index (χ1n) is 16.4. The van der Waals surface area contributed by atoms with Crippen molar-refractivity contribution in [3.63, 3.8) is 0 Å². The van der Waals surface area contributed by atoms with E-state index >= 15 is 0 Å². The number of allylic oxidation sites excluding steroid dienone is 1. The third-order valence-electron chi connectivity index (χ3n) is 9.97. The van der Waals surface area contributed by atoms with Gasteiger partial charge in [-0.3, -0.25) is 9.59 Å². The average Bonchev–Trinajstić information content (AvgIpc) is 3.67. The highest BCUT2D eigenvalue weighted by atomic mass is 32.2. The molecule has 2 heterocycles. The predicted molar refractivity (Wildman–Crippen MR) is 184 cm³/mol. The topological polar surface area (TPSA) is 93.1 Å². The first kappa shape index (κ1) is 34.7. The molecule has 1 aliphatic carbocycles. The number of halogens is 3. The third kappa shape index (κ3) is 5.87. The molecule has 7 rings (SSSR count). The summed E-state index contributed by atoms with van der Waals surface area (Å²) in [5.74, 6) is -5.11. The van der Waals surface area contributed by atoms with Gasteiger partial charge in [0.25, 0.3) is 0 Å². The lowest BCUT2D eigenvalue weighted by atomic mass is 9.64. The molecule has 0 aromatic heterocycles. The average molecular weight is 714 g/mol. The number of aliphatic hydroxyl groups is 1. The Kier molecular flexibility index (Phi) is 8.72. The second-order valence-electron chi connectivity index (χ2n) is 13.5. The standard InChI is InChI=1S/C40H34F3NO6S/c1-37(2)34(39(48,27-14-8-4-9-15-27)49-24-25-12-6-3-7-13-25)44-35(47)38(36(44)51-37)23-22-30(33(46)50-29-16-10-5-11-17-29)31(38)32(45)26-18-20-28(21-19-26)40(41,42)43/h3-22,31,34,36,48H,23-24H2,1-2H3/t31?,34-,36-,38?,39?/m1/s1. The number of carbonyl (C=O) groups is 3. The highest BCUT2D eigenvalue weighted by Gasteiger charge is 2.77. The monoisotopic (exact) mass is 713 g/mol. The van der Waals surface area contributed by atoms with E-state index in [0.717, 1.165) is 29.8 Å². The fourth-order valence-corrected chi connectivity index (χ4v) is 9.48. The summed E-state index contributed by atoms with van der Waals surface area (Å²) in [7, 11) is 0. The van der Waals surface area contributed by atoms with E-state index in [4.69, 9.17) is 9.47 Å². The van der Waals surface area contributed by atoms with Gasteiger partial charge >= 0.3 is 12.1 Å². The maximum absolute atomic E-state index is 14.8. The summed E-state index contributed by atoms with van der Waals surface area (Å²) in [6.45, 7) is 3.82. The van der Waals surface area contributed by atoms with Gasteiger partial charge in [-0.2, -0.15) is 13.2 Å². The van der Waals surface area contributed by atoms with Crippen molar-refractivity contribution in [3.05, 3.63) is 149 Å². The van der Waals surface area contributed by atoms with Crippen molar-refractivity contribution in [2.75, 3.05) is 0 Å². The summed E-state index contributed by atoms with van der Waals surface area (Å²) in [5.41, 5.74) is -1.29. The Morgan fingerprint density at radius 2 is 1.45 bits per heavy atom. The first-order valence-corrected chi connectivity index (χ1v) is 17.3.